The number of alkyl halides is 2. The highest BCUT2D eigenvalue weighted by Crippen LogP contribution is 2.09. The predicted octanol–water partition coefficient (Wildman–Crippen LogP) is 0.970. The number of sulfonamides is 1. The number of benzene rings is 1. The van der Waals surface area contributed by atoms with Crippen LogP contribution >= 0.6 is 0 Å². The number of hydrogen-bond donors (Lipinski definition) is 2. The van der Waals surface area contributed by atoms with Crippen LogP contribution < -0.4 is 10.5 Å². The van der Waals surface area contributed by atoms with Crippen molar-refractivity contribution >= 4 is 15.7 Å². The van der Waals surface area contributed by atoms with Crippen LogP contribution in [-0.2, 0) is 20.5 Å². The first-order chi connectivity index (χ1) is 8.89. The van der Waals surface area contributed by atoms with Crippen LogP contribution in [-0.4, -0.2) is 34.6 Å². The zero-order valence-corrected chi connectivity index (χ0v) is 11.0. The van der Waals surface area contributed by atoms with Gasteiger partial charge in [-0.2, -0.15) is 0 Å². The van der Waals surface area contributed by atoms with Crippen molar-refractivity contribution in [2.24, 2.45) is 0 Å². The number of halogens is 2. The molecule has 0 unspecified atom stereocenters. The summed E-state index contributed by atoms with van der Waals surface area (Å²) in [6.07, 6.45) is -2.55. The van der Waals surface area contributed by atoms with Gasteiger partial charge in [-0.05, 0) is 17.7 Å². The normalized spacial score (nSPS) is 11.9. The van der Waals surface area contributed by atoms with Crippen molar-refractivity contribution in [3.05, 3.63) is 29.8 Å². The van der Waals surface area contributed by atoms with Gasteiger partial charge in [0.25, 0.3) is 6.43 Å². The van der Waals surface area contributed by atoms with Gasteiger partial charge in [-0.25, -0.2) is 21.9 Å². The van der Waals surface area contributed by atoms with E-state index < -0.39 is 23.1 Å². The van der Waals surface area contributed by atoms with Crippen LogP contribution in [0.4, 0.5) is 14.5 Å². The van der Waals surface area contributed by atoms with Gasteiger partial charge in [0, 0.05) is 12.2 Å². The molecular weight excluding hydrogens is 278 g/mol. The molecule has 1 aromatic rings. The monoisotopic (exact) mass is 294 g/mol. The van der Waals surface area contributed by atoms with Gasteiger partial charge in [-0.15, -0.1) is 0 Å². The maximum absolute atomic E-state index is 11.7. The van der Waals surface area contributed by atoms with Crippen LogP contribution in [0.15, 0.2) is 24.3 Å². The summed E-state index contributed by atoms with van der Waals surface area (Å²) in [5.74, 6) is -0.215. The van der Waals surface area contributed by atoms with Crippen LogP contribution in [0.25, 0.3) is 0 Å². The van der Waals surface area contributed by atoms with E-state index in [1.807, 2.05) is 0 Å². The van der Waals surface area contributed by atoms with E-state index in [-0.39, 0.29) is 18.9 Å². The third-order valence-electron chi connectivity index (χ3n) is 2.12. The third-order valence-corrected chi connectivity index (χ3v) is 3.48. The summed E-state index contributed by atoms with van der Waals surface area (Å²) in [6.45, 7) is -0.838. The van der Waals surface area contributed by atoms with Gasteiger partial charge in [-0.1, -0.05) is 12.1 Å². The Morgan fingerprint density at radius 3 is 2.74 bits per heavy atom. The number of nitrogen functional groups attached to an aromatic ring is 1. The molecule has 0 heterocycles. The molecule has 1 rings (SSSR count). The van der Waals surface area contributed by atoms with E-state index in [4.69, 9.17) is 5.73 Å². The molecule has 0 saturated carbocycles. The molecule has 108 valence electrons. The van der Waals surface area contributed by atoms with Crippen LogP contribution in [0.5, 0.6) is 0 Å². The van der Waals surface area contributed by atoms with E-state index in [0.29, 0.717) is 11.3 Å². The topological polar surface area (TPSA) is 81.4 Å². The maximum Gasteiger partial charge on any atom is 0.261 e. The lowest BCUT2D eigenvalue weighted by Gasteiger charge is -2.07. The summed E-state index contributed by atoms with van der Waals surface area (Å²) >= 11 is 0. The van der Waals surface area contributed by atoms with Gasteiger partial charge in [0.1, 0.15) is 6.61 Å². The van der Waals surface area contributed by atoms with E-state index >= 15 is 0 Å². The molecule has 0 atom stereocenters. The van der Waals surface area contributed by atoms with Crippen LogP contribution in [0, 0.1) is 0 Å². The number of rotatable bonds is 8. The van der Waals surface area contributed by atoms with Gasteiger partial charge in [0.15, 0.2) is 0 Å². The predicted molar refractivity (Wildman–Crippen MR) is 68.3 cm³/mol. The second kappa shape index (κ2) is 7.37. The molecule has 0 saturated heterocycles. The van der Waals surface area contributed by atoms with Crippen molar-refractivity contribution in [3.63, 3.8) is 0 Å². The Kier molecular flexibility index (Phi) is 6.13. The molecule has 0 radical (unpaired) electrons. The summed E-state index contributed by atoms with van der Waals surface area (Å²) in [6, 6.07) is 6.52. The summed E-state index contributed by atoms with van der Waals surface area (Å²) in [4.78, 5) is 0. The molecule has 0 aliphatic rings. The Morgan fingerprint density at radius 1 is 1.37 bits per heavy atom. The zero-order chi connectivity index (χ0) is 14.3. The summed E-state index contributed by atoms with van der Waals surface area (Å²) in [5, 5.41) is 0. The van der Waals surface area contributed by atoms with Crippen molar-refractivity contribution < 1.29 is 21.9 Å². The van der Waals surface area contributed by atoms with Gasteiger partial charge in [-0.3, -0.25) is 0 Å². The smallest absolute Gasteiger partial charge is 0.261 e. The average molecular weight is 294 g/mol. The lowest BCUT2D eigenvalue weighted by molar-refractivity contribution is 0.0199. The van der Waals surface area contributed by atoms with Gasteiger partial charge < -0.3 is 10.5 Å². The lowest BCUT2D eigenvalue weighted by Crippen LogP contribution is -2.29. The molecule has 0 aliphatic heterocycles. The Balaban J connectivity index is 2.36. The van der Waals surface area contributed by atoms with Crippen LogP contribution in [0.1, 0.15) is 5.56 Å². The Labute approximate surface area is 110 Å². The SMILES string of the molecule is Nc1cccc(CS(=O)(=O)NCCOCC(F)F)c1. The zero-order valence-electron chi connectivity index (χ0n) is 10.2. The molecule has 0 fully saturated rings. The number of hydrogen-bond acceptors (Lipinski definition) is 4. The molecule has 3 N–H and O–H groups in total. The first kappa shape index (κ1) is 15.8. The molecule has 0 amide bonds. The quantitative estimate of drug-likeness (QED) is 0.553. The highest BCUT2D eigenvalue weighted by Gasteiger charge is 2.11. The molecule has 0 aromatic heterocycles. The minimum absolute atomic E-state index is 0.0443. The van der Waals surface area contributed by atoms with Crippen molar-refractivity contribution in [2.75, 3.05) is 25.5 Å². The van der Waals surface area contributed by atoms with Crippen molar-refractivity contribution in [3.8, 4) is 0 Å². The second-order valence-electron chi connectivity index (χ2n) is 3.86. The molecule has 0 bridgehead atoms. The molecule has 1 aromatic carbocycles. The Bertz CT molecular complexity index is 494. The van der Waals surface area contributed by atoms with E-state index in [0.717, 1.165) is 0 Å². The lowest BCUT2D eigenvalue weighted by atomic mass is 10.2. The standard InChI is InChI=1S/C11H16F2N2O3S/c12-11(13)7-18-5-4-15-19(16,17)8-9-2-1-3-10(14)6-9/h1-3,6,11,15H,4-5,7-8,14H2. The number of ether oxygens (including phenoxy) is 1. The highest BCUT2D eigenvalue weighted by molar-refractivity contribution is 7.88. The van der Waals surface area contributed by atoms with Gasteiger partial charge >= 0.3 is 0 Å². The number of nitrogens with two attached hydrogens (primary N) is 1. The fourth-order valence-electron chi connectivity index (χ4n) is 1.40. The average Bonchev–Trinajstić information content (AvgIpc) is 2.27. The van der Waals surface area contributed by atoms with E-state index in [1.54, 1.807) is 24.3 Å². The van der Waals surface area contributed by atoms with Crippen molar-refractivity contribution in [1.29, 1.82) is 0 Å². The highest BCUT2D eigenvalue weighted by atomic mass is 32.2. The summed E-state index contributed by atoms with van der Waals surface area (Å²) in [5.41, 5.74) is 6.58. The summed E-state index contributed by atoms with van der Waals surface area (Å²) < 4.78 is 53.6. The molecular formula is C11H16F2N2O3S. The number of nitrogens with one attached hydrogen (secondary N) is 1. The second-order valence-corrected chi connectivity index (χ2v) is 5.67. The van der Waals surface area contributed by atoms with E-state index in [9.17, 15) is 17.2 Å². The fraction of sp³-hybridized carbons (Fsp3) is 0.455. The molecule has 0 spiro atoms. The van der Waals surface area contributed by atoms with Crippen LogP contribution in [0.3, 0.4) is 0 Å². The minimum atomic E-state index is -3.53. The van der Waals surface area contributed by atoms with Crippen LogP contribution in [0.2, 0.25) is 0 Å². The molecule has 19 heavy (non-hydrogen) atoms. The van der Waals surface area contributed by atoms with Crippen molar-refractivity contribution in [1.82, 2.24) is 4.72 Å². The number of anilines is 1. The van der Waals surface area contributed by atoms with Crippen molar-refractivity contribution in [2.45, 2.75) is 12.2 Å². The van der Waals surface area contributed by atoms with Gasteiger partial charge in [0.05, 0.1) is 12.4 Å². The first-order valence-electron chi connectivity index (χ1n) is 5.57. The van der Waals surface area contributed by atoms with Gasteiger partial charge in [0.2, 0.25) is 10.0 Å². The molecule has 0 aliphatic carbocycles. The third kappa shape index (κ3) is 7.04. The molecule has 8 heteroatoms. The maximum atomic E-state index is 11.7. The fourth-order valence-corrected chi connectivity index (χ4v) is 2.51. The van der Waals surface area contributed by atoms with E-state index in [1.165, 1.54) is 0 Å². The van der Waals surface area contributed by atoms with E-state index in [2.05, 4.69) is 9.46 Å². The molecule has 5 nitrogen and oxygen atoms in total. The Hall–Kier alpha value is -1.25. The first-order valence-corrected chi connectivity index (χ1v) is 7.22. The minimum Gasteiger partial charge on any atom is -0.399 e. The Morgan fingerprint density at radius 2 is 2.11 bits per heavy atom. The largest absolute Gasteiger partial charge is 0.399 e. The summed E-state index contributed by atoms with van der Waals surface area (Å²) in [7, 11) is -3.53.